The summed E-state index contributed by atoms with van der Waals surface area (Å²) in [6.07, 6.45) is 13.1. The molecule has 0 amide bonds. The van der Waals surface area contributed by atoms with Crippen LogP contribution in [0.15, 0.2) is 54.3 Å². The second-order valence-corrected chi connectivity index (χ2v) is 15.2. The minimum Gasteiger partial charge on any atom is -0.497 e. The number of aryl methyl sites for hydroxylation is 1. The van der Waals surface area contributed by atoms with Gasteiger partial charge in [0.15, 0.2) is 0 Å². The van der Waals surface area contributed by atoms with E-state index in [1.165, 1.54) is 24.1 Å². The number of hydrogen-bond acceptors (Lipinski definition) is 5. The molecule has 2 atom stereocenters. The van der Waals surface area contributed by atoms with Crippen molar-refractivity contribution < 1.29 is 18.6 Å². The predicted molar refractivity (Wildman–Crippen MR) is 172 cm³/mol. The monoisotopic (exact) mass is 573 g/mol. The van der Waals surface area contributed by atoms with Crippen molar-refractivity contribution in [1.82, 2.24) is 0 Å². The van der Waals surface area contributed by atoms with E-state index in [1.807, 2.05) is 13.8 Å². The number of hydrogen-bond donors (Lipinski definition) is 0. The van der Waals surface area contributed by atoms with Gasteiger partial charge < -0.3 is 18.9 Å². The predicted octanol–water partition coefficient (Wildman–Crippen LogP) is 9.43. The van der Waals surface area contributed by atoms with E-state index in [2.05, 4.69) is 69.5 Å². The minimum absolute atomic E-state index is 0.000238. The molecular formula is C34H56NO4P. The van der Waals surface area contributed by atoms with E-state index in [-0.39, 0.29) is 5.66 Å². The van der Waals surface area contributed by atoms with Crippen molar-refractivity contribution in [2.75, 3.05) is 45.0 Å². The first-order valence-corrected chi connectivity index (χ1v) is 17.4. The molecule has 0 N–H and O–H groups in total. The lowest BCUT2D eigenvalue weighted by molar-refractivity contribution is 0.158. The molecule has 1 unspecified atom stereocenters. The zero-order chi connectivity index (χ0) is 29.8. The average molecular weight is 574 g/mol. The average Bonchev–Trinajstić information content (AvgIpc) is 2.92. The maximum absolute atomic E-state index is 13.0. The van der Waals surface area contributed by atoms with Crippen molar-refractivity contribution in [2.45, 2.75) is 92.1 Å². The van der Waals surface area contributed by atoms with E-state index >= 15 is 0 Å². The van der Waals surface area contributed by atoms with Gasteiger partial charge in [-0.3, -0.25) is 4.57 Å². The first-order valence-electron chi connectivity index (χ1n) is 15.2. The van der Waals surface area contributed by atoms with Crippen molar-refractivity contribution in [2.24, 2.45) is 11.3 Å². The van der Waals surface area contributed by atoms with E-state index in [4.69, 9.17) is 14.0 Å². The molecule has 40 heavy (non-hydrogen) atoms. The van der Waals surface area contributed by atoms with Crippen LogP contribution in [0.4, 0.5) is 5.69 Å². The van der Waals surface area contributed by atoms with Gasteiger partial charge in [0.1, 0.15) is 11.5 Å². The highest BCUT2D eigenvalue weighted by Gasteiger charge is 2.28. The lowest BCUT2D eigenvalue weighted by atomic mass is 9.88. The summed E-state index contributed by atoms with van der Waals surface area (Å²) in [5.41, 5.74) is 4.21. The highest BCUT2D eigenvalue weighted by Crippen LogP contribution is 2.51. The molecule has 6 heteroatoms. The summed E-state index contributed by atoms with van der Waals surface area (Å²) in [6.45, 7) is 21.9. The molecule has 0 bridgehead atoms. The van der Waals surface area contributed by atoms with Gasteiger partial charge in [0, 0.05) is 37.2 Å². The van der Waals surface area contributed by atoms with Gasteiger partial charge in [-0.1, -0.05) is 46.4 Å². The maximum Gasteiger partial charge on any atom is 0.203 e. The van der Waals surface area contributed by atoms with Crippen LogP contribution >= 0.6 is 7.37 Å². The molecule has 1 saturated heterocycles. The minimum atomic E-state index is -2.66. The van der Waals surface area contributed by atoms with Crippen LogP contribution in [0.2, 0.25) is 0 Å². The van der Waals surface area contributed by atoms with Gasteiger partial charge in [-0.25, -0.2) is 0 Å². The quantitative estimate of drug-likeness (QED) is 0.112. The van der Waals surface area contributed by atoms with Gasteiger partial charge in [-0.2, -0.15) is 0 Å². The van der Waals surface area contributed by atoms with E-state index < -0.39 is 7.37 Å². The van der Waals surface area contributed by atoms with Gasteiger partial charge in [-0.15, -0.1) is 0 Å². The summed E-state index contributed by atoms with van der Waals surface area (Å²) >= 11 is 0. The summed E-state index contributed by atoms with van der Waals surface area (Å²) in [4.78, 5) is 2.53. The number of anilines is 1. The third-order valence-corrected chi connectivity index (χ3v) is 10.6. The number of piperidine rings is 1. The Kier molecular flexibility index (Phi) is 14.1. The Balaban J connectivity index is 1.98. The number of rotatable bonds is 16. The Morgan fingerprint density at radius 1 is 1.23 bits per heavy atom. The first-order chi connectivity index (χ1) is 19.0. The Hall–Kier alpha value is -1.97. The molecule has 1 aliphatic heterocycles. The van der Waals surface area contributed by atoms with Crippen LogP contribution in [0.5, 0.6) is 5.75 Å². The van der Waals surface area contributed by atoms with Gasteiger partial charge >= 0.3 is 0 Å². The van der Waals surface area contributed by atoms with Crippen molar-refractivity contribution >= 4 is 13.1 Å². The van der Waals surface area contributed by atoms with E-state index in [9.17, 15) is 4.57 Å². The van der Waals surface area contributed by atoms with E-state index in [1.54, 1.807) is 19.9 Å². The number of allylic oxidation sites excluding steroid dienone is 4. The summed E-state index contributed by atoms with van der Waals surface area (Å²) in [7, 11) is -0.919. The lowest BCUT2D eigenvalue weighted by Crippen LogP contribution is -2.35. The number of nitrogens with zero attached hydrogens (tertiary/aromatic N) is 1. The molecule has 0 aliphatic carbocycles. The summed E-state index contributed by atoms with van der Waals surface area (Å²) in [5, 5.41) is 0. The topological polar surface area (TPSA) is 48.0 Å². The van der Waals surface area contributed by atoms with Gasteiger partial charge in [-0.05, 0) is 99.5 Å². The SMILES string of the molecule is C=C/C(=C\C(=C/C)C[C@@H](CC)P(C)(=O)OCC)OCC1CCN(c2cc(OC)ccc2CCCC(C)(C)C)CC1. The molecular weight excluding hydrogens is 517 g/mol. The number of methoxy groups -OCH3 is 1. The Morgan fingerprint density at radius 3 is 2.48 bits per heavy atom. The molecule has 1 heterocycles. The molecule has 2 rings (SSSR count). The molecule has 1 fully saturated rings. The van der Waals surface area contributed by atoms with Crippen LogP contribution in [0.3, 0.4) is 0 Å². The summed E-state index contributed by atoms with van der Waals surface area (Å²) in [5.74, 6) is 2.20. The maximum atomic E-state index is 13.0. The Labute approximate surface area is 245 Å². The molecule has 1 aromatic carbocycles. The van der Waals surface area contributed by atoms with Crippen molar-refractivity contribution in [3.63, 3.8) is 0 Å². The second kappa shape index (κ2) is 16.5. The van der Waals surface area contributed by atoms with Crippen LogP contribution in [-0.4, -0.2) is 45.7 Å². The molecule has 0 spiro atoms. The van der Waals surface area contributed by atoms with E-state index in [0.29, 0.717) is 31.0 Å². The Bertz CT molecular complexity index is 1030. The molecule has 5 nitrogen and oxygen atoms in total. The standard InChI is InChI=1S/C34H56NO4P/c1-10-27(24-32(12-3)40(9,36)39-13-4)23-30(11-2)38-26-28-18-21-35(22-19-28)33-25-31(37-8)17-16-29(33)15-14-20-34(5,6)7/h10-11,16-17,23,25,28,32H,2,12-15,18-22,24,26H2,1,3-9H3/b27-10+,30-23+/t32-,40?/m1/s1. The third-order valence-electron chi connectivity index (χ3n) is 8.00. The Morgan fingerprint density at radius 2 is 1.93 bits per heavy atom. The molecule has 0 radical (unpaired) electrons. The molecule has 226 valence electrons. The second-order valence-electron chi connectivity index (χ2n) is 12.4. The smallest absolute Gasteiger partial charge is 0.203 e. The number of benzene rings is 1. The zero-order valence-corrected chi connectivity index (χ0v) is 27.5. The fraction of sp³-hybridized carbons (Fsp3) is 0.647. The van der Waals surface area contributed by atoms with Gasteiger partial charge in [0.25, 0.3) is 0 Å². The normalized spacial score (nSPS) is 17.9. The van der Waals surface area contributed by atoms with Crippen molar-refractivity contribution in [1.29, 1.82) is 0 Å². The van der Waals surface area contributed by atoms with Crippen LogP contribution in [0.25, 0.3) is 0 Å². The molecule has 1 aromatic rings. The van der Waals surface area contributed by atoms with Crippen molar-refractivity contribution in [3.05, 3.63) is 59.9 Å². The fourth-order valence-corrected chi connectivity index (χ4v) is 7.35. The van der Waals surface area contributed by atoms with Crippen LogP contribution in [-0.2, 0) is 20.2 Å². The van der Waals surface area contributed by atoms with Crippen LogP contribution in [0, 0.1) is 11.3 Å². The zero-order valence-electron chi connectivity index (χ0n) is 26.6. The van der Waals surface area contributed by atoms with Crippen LogP contribution in [0.1, 0.15) is 85.6 Å². The highest BCUT2D eigenvalue weighted by atomic mass is 31.2. The third kappa shape index (κ3) is 11.1. The summed E-state index contributed by atoms with van der Waals surface area (Å²) in [6, 6.07) is 6.56. The molecule has 0 saturated carbocycles. The summed E-state index contributed by atoms with van der Waals surface area (Å²) < 4.78 is 30.5. The van der Waals surface area contributed by atoms with Crippen molar-refractivity contribution in [3.8, 4) is 5.75 Å². The molecule has 0 aromatic heterocycles. The van der Waals surface area contributed by atoms with E-state index in [0.717, 1.165) is 55.9 Å². The largest absolute Gasteiger partial charge is 0.497 e. The fourth-order valence-electron chi connectivity index (χ4n) is 5.42. The first kappa shape index (κ1) is 34.2. The number of ether oxygens (including phenoxy) is 2. The van der Waals surface area contributed by atoms with Crippen LogP contribution < -0.4 is 9.64 Å². The molecule has 1 aliphatic rings. The van der Waals surface area contributed by atoms with Gasteiger partial charge in [0.05, 0.1) is 20.3 Å². The van der Waals surface area contributed by atoms with Gasteiger partial charge in [0.2, 0.25) is 7.37 Å². The lowest BCUT2D eigenvalue weighted by Gasteiger charge is -2.35. The highest BCUT2D eigenvalue weighted by molar-refractivity contribution is 7.58.